The van der Waals surface area contributed by atoms with Gasteiger partial charge in [-0.15, -0.1) is 0 Å². The van der Waals surface area contributed by atoms with Gasteiger partial charge in [0.15, 0.2) is 0 Å². The first kappa shape index (κ1) is 20.9. The molecule has 0 spiro atoms. The predicted molar refractivity (Wildman–Crippen MR) is 117 cm³/mol. The Morgan fingerprint density at radius 1 is 1.03 bits per heavy atom. The molecular formula is C23H26ClN3O2. The fourth-order valence-electron chi connectivity index (χ4n) is 3.59. The Balaban J connectivity index is 1.92. The minimum absolute atomic E-state index is 0.0225. The van der Waals surface area contributed by atoms with Gasteiger partial charge in [0.25, 0.3) is 0 Å². The highest BCUT2D eigenvalue weighted by molar-refractivity contribution is 6.31. The number of carbonyl (C=O) groups is 2. The summed E-state index contributed by atoms with van der Waals surface area (Å²) in [5.74, 6) is -0.579. The van der Waals surface area contributed by atoms with Crippen LogP contribution in [0.1, 0.15) is 37.8 Å². The third-order valence-electron chi connectivity index (χ3n) is 5.07. The average molecular weight is 412 g/mol. The van der Waals surface area contributed by atoms with Crippen molar-refractivity contribution in [2.45, 2.75) is 32.7 Å². The summed E-state index contributed by atoms with van der Waals surface area (Å²) < 4.78 is 0. The van der Waals surface area contributed by atoms with Gasteiger partial charge in [0, 0.05) is 41.5 Å². The van der Waals surface area contributed by atoms with E-state index < -0.39 is 6.04 Å². The lowest BCUT2D eigenvalue weighted by molar-refractivity contribution is -0.129. The lowest BCUT2D eigenvalue weighted by Gasteiger charge is -2.24. The summed E-state index contributed by atoms with van der Waals surface area (Å²) in [7, 11) is 0. The molecule has 0 saturated carbocycles. The topological polar surface area (TPSA) is 74.0 Å². The Labute approximate surface area is 175 Å². The highest BCUT2D eigenvalue weighted by Crippen LogP contribution is 2.34. The molecule has 3 aromatic rings. The van der Waals surface area contributed by atoms with E-state index in [1.807, 2.05) is 62.5 Å². The molecule has 2 amide bonds. The molecule has 0 bridgehead atoms. The predicted octanol–water partition coefficient (Wildman–Crippen LogP) is 4.23. The minimum atomic E-state index is -0.581. The number of fused-ring (bicyclic) bond motifs is 1. The normalized spacial score (nSPS) is 13.3. The van der Waals surface area contributed by atoms with Crippen LogP contribution in [0.25, 0.3) is 10.9 Å². The van der Waals surface area contributed by atoms with Crippen LogP contribution in [0.15, 0.2) is 54.7 Å². The summed E-state index contributed by atoms with van der Waals surface area (Å²) in [6.07, 6.45) is 1.97. The Bertz CT molecular complexity index is 1010. The van der Waals surface area contributed by atoms with E-state index in [1.165, 1.54) is 6.92 Å². The third-order valence-corrected chi connectivity index (χ3v) is 5.41. The summed E-state index contributed by atoms with van der Waals surface area (Å²) in [6.45, 7) is 5.60. The molecule has 0 saturated heterocycles. The molecule has 0 fully saturated rings. The van der Waals surface area contributed by atoms with Crippen LogP contribution in [0.3, 0.4) is 0 Å². The standard InChI is InChI=1S/C23H26ClN3O2/c1-14(2)22(27-15(3)28)23(29)26-13-18(16-8-4-6-10-20(16)24)19-12-25-21-11-7-5-9-17(19)21/h4-12,14,18,22,25H,13H2,1-3H3,(H,26,29)(H,27,28). The maximum atomic E-state index is 12.8. The maximum absolute atomic E-state index is 12.8. The maximum Gasteiger partial charge on any atom is 0.242 e. The van der Waals surface area contributed by atoms with Gasteiger partial charge in [0.2, 0.25) is 11.8 Å². The van der Waals surface area contributed by atoms with Crippen LogP contribution in [0, 0.1) is 5.92 Å². The zero-order chi connectivity index (χ0) is 21.0. The second-order valence-electron chi connectivity index (χ2n) is 7.53. The molecule has 152 valence electrons. The fraction of sp³-hybridized carbons (Fsp3) is 0.304. The molecule has 0 aliphatic rings. The number of amides is 2. The number of halogens is 1. The molecule has 3 N–H and O–H groups in total. The zero-order valence-electron chi connectivity index (χ0n) is 16.8. The van der Waals surface area contributed by atoms with Gasteiger partial charge < -0.3 is 15.6 Å². The number of rotatable bonds is 7. The molecule has 1 heterocycles. The van der Waals surface area contributed by atoms with Crippen molar-refractivity contribution in [3.8, 4) is 0 Å². The molecule has 2 atom stereocenters. The lowest BCUT2D eigenvalue weighted by atomic mass is 9.90. The highest BCUT2D eigenvalue weighted by atomic mass is 35.5. The monoisotopic (exact) mass is 411 g/mol. The van der Waals surface area contributed by atoms with Crippen molar-refractivity contribution in [1.82, 2.24) is 15.6 Å². The van der Waals surface area contributed by atoms with Gasteiger partial charge in [-0.3, -0.25) is 9.59 Å². The van der Waals surface area contributed by atoms with Crippen LogP contribution >= 0.6 is 11.6 Å². The Hall–Kier alpha value is -2.79. The first-order chi connectivity index (χ1) is 13.9. The smallest absolute Gasteiger partial charge is 0.242 e. The van der Waals surface area contributed by atoms with Crippen LogP contribution in [-0.2, 0) is 9.59 Å². The number of hydrogen-bond acceptors (Lipinski definition) is 2. The van der Waals surface area contributed by atoms with Gasteiger partial charge in [-0.2, -0.15) is 0 Å². The number of H-pyrrole nitrogens is 1. The van der Waals surface area contributed by atoms with Crippen molar-refractivity contribution in [2.24, 2.45) is 5.92 Å². The van der Waals surface area contributed by atoms with E-state index in [0.717, 1.165) is 22.0 Å². The van der Waals surface area contributed by atoms with E-state index in [4.69, 9.17) is 11.6 Å². The SMILES string of the molecule is CC(=O)NC(C(=O)NCC(c1ccccc1Cl)c1c[nH]c2ccccc12)C(C)C. The molecule has 3 rings (SSSR count). The molecule has 0 aliphatic carbocycles. The molecule has 29 heavy (non-hydrogen) atoms. The van der Waals surface area contributed by atoms with E-state index in [-0.39, 0.29) is 23.7 Å². The highest BCUT2D eigenvalue weighted by Gasteiger charge is 2.26. The van der Waals surface area contributed by atoms with E-state index in [1.54, 1.807) is 0 Å². The number of benzene rings is 2. The number of nitrogens with one attached hydrogen (secondary N) is 3. The van der Waals surface area contributed by atoms with Crippen LogP contribution in [0.4, 0.5) is 0 Å². The van der Waals surface area contributed by atoms with Gasteiger partial charge in [-0.05, 0) is 29.2 Å². The quantitative estimate of drug-likeness (QED) is 0.544. The molecule has 6 heteroatoms. The van der Waals surface area contributed by atoms with Crippen LogP contribution < -0.4 is 10.6 Å². The van der Waals surface area contributed by atoms with Gasteiger partial charge in [0.05, 0.1) is 0 Å². The van der Waals surface area contributed by atoms with Crippen LogP contribution in [0.2, 0.25) is 5.02 Å². The summed E-state index contributed by atoms with van der Waals surface area (Å²) in [4.78, 5) is 27.6. The molecule has 2 aromatic carbocycles. The van der Waals surface area contributed by atoms with Crippen molar-refractivity contribution in [1.29, 1.82) is 0 Å². The molecule has 0 aliphatic heterocycles. The fourth-order valence-corrected chi connectivity index (χ4v) is 3.86. The van der Waals surface area contributed by atoms with Gasteiger partial charge in [0.1, 0.15) is 6.04 Å². The number of aromatic nitrogens is 1. The Morgan fingerprint density at radius 2 is 1.72 bits per heavy atom. The number of aromatic amines is 1. The second kappa shape index (κ2) is 9.14. The third kappa shape index (κ3) is 4.80. The largest absolute Gasteiger partial charge is 0.361 e. The van der Waals surface area contributed by atoms with Crippen molar-refractivity contribution in [2.75, 3.05) is 6.54 Å². The van der Waals surface area contributed by atoms with Crippen molar-refractivity contribution < 1.29 is 9.59 Å². The number of carbonyl (C=O) groups excluding carboxylic acids is 2. The van der Waals surface area contributed by atoms with Crippen molar-refractivity contribution in [3.05, 3.63) is 70.9 Å². The van der Waals surface area contributed by atoms with Gasteiger partial charge in [-0.25, -0.2) is 0 Å². The first-order valence-corrected chi connectivity index (χ1v) is 10.1. The molecule has 0 radical (unpaired) electrons. The van der Waals surface area contributed by atoms with Gasteiger partial charge in [-0.1, -0.05) is 61.8 Å². The van der Waals surface area contributed by atoms with E-state index in [2.05, 4.69) is 21.7 Å². The molecule has 5 nitrogen and oxygen atoms in total. The summed E-state index contributed by atoms with van der Waals surface area (Å²) >= 11 is 6.50. The van der Waals surface area contributed by atoms with Crippen molar-refractivity contribution >= 4 is 34.3 Å². The van der Waals surface area contributed by atoms with Crippen LogP contribution in [-0.4, -0.2) is 29.4 Å². The Morgan fingerprint density at radius 3 is 2.41 bits per heavy atom. The molecule has 2 unspecified atom stereocenters. The lowest BCUT2D eigenvalue weighted by Crippen LogP contribution is -2.49. The Kier molecular flexibility index (Phi) is 6.60. The zero-order valence-corrected chi connectivity index (χ0v) is 17.6. The van der Waals surface area contributed by atoms with E-state index in [0.29, 0.717) is 11.6 Å². The van der Waals surface area contributed by atoms with Crippen molar-refractivity contribution in [3.63, 3.8) is 0 Å². The minimum Gasteiger partial charge on any atom is -0.361 e. The molecular weight excluding hydrogens is 386 g/mol. The van der Waals surface area contributed by atoms with Gasteiger partial charge >= 0.3 is 0 Å². The summed E-state index contributed by atoms with van der Waals surface area (Å²) in [5, 5.41) is 7.50. The number of hydrogen-bond donors (Lipinski definition) is 3. The van der Waals surface area contributed by atoms with E-state index in [9.17, 15) is 9.59 Å². The summed E-state index contributed by atoms with van der Waals surface area (Å²) in [6, 6.07) is 15.1. The average Bonchev–Trinajstić information content (AvgIpc) is 3.11. The number of para-hydroxylation sites is 1. The molecule has 1 aromatic heterocycles. The first-order valence-electron chi connectivity index (χ1n) is 9.73. The van der Waals surface area contributed by atoms with Crippen LogP contribution in [0.5, 0.6) is 0 Å². The second-order valence-corrected chi connectivity index (χ2v) is 7.94. The van der Waals surface area contributed by atoms with E-state index >= 15 is 0 Å². The summed E-state index contributed by atoms with van der Waals surface area (Å²) in [5.41, 5.74) is 3.04.